The molecule has 2 heterocycles. The van der Waals surface area contributed by atoms with Crippen LogP contribution < -0.4 is 20.1 Å². The van der Waals surface area contributed by atoms with Gasteiger partial charge in [-0.3, -0.25) is 0 Å². The van der Waals surface area contributed by atoms with Gasteiger partial charge >= 0.3 is 0 Å². The highest BCUT2D eigenvalue weighted by Gasteiger charge is 2.34. The van der Waals surface area contributed by atoms with Gasteiger partial charge in [-0.05, 0) is 42.3 Å². The summed E-state index contributed by atoms with van der Waals surface area (Å²) in [6.45, 7) is 0.946. The standard InChI is InChI=1S/C16H19N3O2/c1-19(13(8-17)10-2-3-10)16-12-7-15-14(20-9-21-15)6-11(12)4-5-18-16/h4-7,10,13H,2-3,8-9,17H2,1H3. The fourth-order valence-electron chi connectivity index (χ4n) is 3.13. The molecule has 1 fully saturated rings. The average molecular weight is 285 g/mol. The molecule has 0 spiro atoms. The van der Waals surface area contributed by atoms with Crippen molar-refractivity contribution >= 4 is 16.6 Å². The molecule has 4 rings (SSSR count). The van der Waals surface area contributed by atoms with Gasteiger partial charge in [0, 0.05) is 31.2 Å². The quantitative estimate of drug-likeness (QED) is 0.932. The van der Waals surface area contributed by atoms with Crippen LogP contribution in [0, 0.1) is 5.92 Å². The van der Waals surface area contributed by atoms with Crippen LogP contribution in [0.3, 0.4) is 0 Å². The topological polar surface area (TPSA) is 60.6 Å². The lowest BCUT2D eigenvalue weighted by Crippen LogP contribution is -2.40. The lowest BCUT2D eigenvalue weighted by molar-refractivity contribution is 0.174. The zero-order chi connectivity index (χ0) is 14.4. The van der Waals surface area contributed by atoms with E-state index in [1.54, 1.807) is 0 Å². The molecule has 5 heteroatoms. The second-order valence-corrected chi connectivity index (χ2v) is 5.81. The van der Waals surface area contributed by atoms with Crippen molar-refractivity contribution in [1.82, 2.24) is 4.98 Å². The molecule has 0 radical (unpaired) electrons. The second kappa shape index (κ2) is 4.77. The summed E-state index contributed by atoms with van der Waals surface area (Å²) in [5.74, 6) is 3.26. The van der Waals surface area contributed by atoms with Gasteiger partial charge in [-0.1, -0.05) is 0 Å². The maximum absolute atomic E-state index is 5.97. The molecular formula is C16H19N3O2. The molecule has 1 aromatic carbocycles. The van der Waals surface area contributed by atoms with Crippen LogP contribution in [0.1, 0.15) is 12.8 Å². The minimum absolute atomic E-state index is 0.289. The second-order valence-electron chi connectivity index (χ2n) is 5.81. The SMILES string of the molecule is CN(c1nccc2cc3c(cc12)OCO3)C(CN)C1CC1. The lowest BCUT2D eigenvalue weighted by Gasteiger charge is -2.29. The van der Waals surface area contributed by atoms with Crippen LogP contribution in [0.4, 0.5) is 5.82 Å². The summed E-state index contributed by atoms with van der Waals surface area (Å²) in [6, 6.07) is 6.40. The highest BCUT2D eigenvalue weighted by atomic mass is 16.7. The summed E-state index contributed by atoms with van der Waals surface area (Å²) in [6.07, 6.45) is 4.38. The van der Waals surface area contributed by atoms with E-state index < -0.39 is 0 Å². The van der Waals surface area contributed by atoms with E-state index in [9.17, 15) is 0 Å². The van der Waals surface area contributed by atoms with Crippen molar-refractivity contribution in [1.29, 1.82) is 0 Å². The number of likely N-dealkylation sites (N-methyl/N-ethyl adjacent to an activating group) is 1. The smallest absolute Gasteiger partial charge is 0.231 e. The fraction of sp³-hybridized carbons (Fsp3) is 0.438. The fourth-order valence-corrected chi connectivity index (χ4v) is 3.13. The lowest BCUT2D eigenvalue weighted by atomic mass is 10.1. The number of fused-ring (bicyclic) bond motifs is 2. The van der Waals surface area contributed by atoms with Crippen LogP contribution in [-0.2, 0) is 0 Å². The number of aromatic nitrogens is 1. The predicted molar refractivity (Wildman–Crippen MR) is 81.8 cm³/mol. The summed E-state index contributed by atoms with van der Waals surface area (Å²) in [7, 11) is 2.09. The Balaban J connectivity index is 1.80. The Morgan fingerprint density at radius 3 is 2.81 bits per heavy atom. The number of ether oxygens (including phenoxy) is 2. The first-order valence-corrected chi connectivity index (χ1v) is 7.39. The van der Waals surface area contributed by atoms with E-state index in [-0.39, 0.29) is 6.79 Å². The summed E-state index contributed by atoms with van der Waals surface area (Å²) < 4.78 is 10.9. The number of hydrogen-bond donors (Lipinski definition) is 1. The molecule has 2 aliphatic rings. The number of benzene rings is 1. The minimum atomic E-state index is 0.289. The highest BCUT2D eigenvalue weighted by Crippen LogP contribution is 2.40. The van der Waals surface area contributed by atoms with Crippen molar-refractivity contribution < 1.29 is 9.47 Å². The monoisotopic (exact) mass is 285 g/mol. The number of pyridine rings is 1. The number of rotatable bonds is 4. The first kappa shape index (κ1) is 12.7. The average Bonchev–Trinajstić information content (AvgIpc) is 3.23. The predicted octanol–water partition coefficient (Wildman–Crippen LogP) is 2.14. The Hall–Kier alpha value is -2.01. The third kappa shape index (κ3) is 2.08. The number of hydrogen-bond acceptors (Lipinski definition) is 5. The molecule has 0 amide bonds. The van der Waals surface area contributed by atoms with E-state index in [0.29, 0.717) is 18.5 Å². The van der Waals surface area contributed by atoms with Crippen LogP contribution >= 0.6 is 0 Å². The van der Waals surface area contributed by atoms with E-state index in [2.05, 4.69) is 16.9 Å². The Kier molecular flexibility index (Phi) is 2.89. The zero-order valence-electron chi connectivity index (χ0n) is 12.1. The molecule has 1 aliphatic heterocycles. The number of nitrogens with zero attached hydrogens (tertiary/aromatic N) is 2. The summed E-state index contributed by atoms with van der Waals surface area (Å²) in [5.41, 5.74) is 5.97. The van der Waals surface area contributed by atoms with E-state index in [1.807, 2.05) is 24.4 Å². The summed E-state index contributed by atoms with van der Waals surface area (Å²) in [5, 5.41) is 2.20. The van der Waals surface area contributed by atoms with Gasteiger partial charge in [0.1, 0.15) is 5.82 Å². The van der Waals surface area contributed by atoms with Gasteiger partial charge in [-0.25, -0.2) is 4.98 Å². The summed E-state index contributed by atoms with van der Waals surface area (Å²) in [4.78, 5) is 6.81. The Morgan fingerprint density at radius 1 is 1.33 bits per heavy atom. The van der Waals surface area contributed by atoms with Gasteiger partial charge in [-0.15, -0.1) is 0 Å². The molecule has 0 bridgehead atoms. The molecule has 1 saturated carbocycles. The first-order valence-electron chi connectivity index (χ1n) is 7.39. The molecular weight excluding hydrogens is 266 g/mol. The van der Waals surface area contributed by atoms with Gasteiger partial charge in [0.05, 0.1) is 0 Å². The van der Waals surface area contributed by atoms with E-state index >= 15 is 0 Å². The molecule has 1 aromatic heterocycles. The molecule has 1 aliphatic carbocycles. The van der Waals surface area contributed by atoms with Crippen LogP contribution in [-0.4, -0.2) is 31.4 Å². The zero-order valence-corrected chi connectivity index (χ0v) is 12.1. The largest absolute Gasteiger partial charge is 0.454 e. The van der Waals surface area contributed by atoms with Crippen LogP contribution in [0.25, 0.3) is 10.8 Å². The van der Waals surface area contributed by atoms with Crippen molar-refractivity contribution in [3.63, 3.8) is 0 Å². The molecule has 21 heavy (non-hydrogen) atoms. The molecule has 2 aromatic rings. The molecule has 2 N–H and O–H groups in total. The molecule has 5 nitrogen and oxygen atoms in total. The van der Waals surface area contributed by atoms with E-state index in [0.717, 1.165) is 28.1 Å². The number of nitrogens with two attached hydrogens (primary N) is 1. The maximum atomic E-state index is 5.97. The van der Waals surface area contributed by atoms with Gasteiger partial charge in [0.15, 0.2) is 11.5 Å². The maximum Gasteiger partial charge on any atom is 0.231 e. The Morgan fingerprint density at radius 2 is 2.10 bits per heavy atom. The van der Waals surface area contributed by atoms with Gasteiger partial charge < -0.3 is 20.1 Å². The van der Waals surface area contributed by atoms with E-state index in [4.69, 9.17) is 15.2 Å². The van der Waals surface area contributed by atoms with Crippen LogP contribution in [0.2, 0.25) is 0 Å². The Labute approximate surface area is 123 Å². The third-order valence-electron chi connectivity index (χ3n) is 4.48. The van der Waals surface area contributed by atoms with Crippen LogP contribution in [0.15, 0.2) is 24.4 Å². The molecule has 110 valence electrons. The molecule has 1 unspecified atom stereocenters. The first-order chi connectivity index (χ1) is 10.3. The molecule has 0 saturated heterocycles. The molecule has 1 atom stereocenters. The van der Waals surface area contributed by atoms with Crippen molar-refractivity contribution in [2.75, 3.05) is 25.3 Å². The minimum Gasteiger partial charge on any atom is -0.454 e. The van der Waals surface area contributed by atoms with Gasteiger partial charge in [-0.2, -0.15) is 0 Å². The van der Waals surface area contributed by atoms with Crippen molar-refractivity contribution in [2.45, 2.75) is 18.9 Å². The van der Waals surface area contributed by atoms with E-state index in [1.165, 1.54) is 12.8 Å². The van der Waals surface area contributed by atoms with Gasteiger partial charge in [0.25, 0.3) is 0 Å². The van der Waals surface area contributed by atoms with Gasteiger partial charge in [0.2, 0.25) is 6.79 Å². The van der Waals surface area contributed by atoms with Crippen molar-refractivity contribution in [3.05, 3.63) is 24.4 Å². The highest BCUT2D eigenvalue weighted by molar-refractivity contribution is 5.94. The third-order valence-corrected chi connectivity index (χ3v) is 4.48. The van der Waals surface area contributed by atoms with Crippen molar-refractivity contribution in [2.24, 2.45) is 11.7 Å². The van der Waals surface area contributed by atoms with Crippen LogP contribution in [0.5, 0.6) is 11.5 Å². The Bertz CT molecular complexity index is 685. The summed E-state index contributed by atoms with van der Waals surface area (Å²) >= 11 is 0. The normalized spacial score (nSPS) is 18.0. The number of anilines is 1. The van der Waals surface area contributed by atoms with Crippen molar-refractivity contribution in [3.8, 4) is 11.5 Å².